The number of anilines is 1. The predicted molar refractivity (Wildman–Crippen MR) is 117 cm³/mol. The predicted octanol–water partition coefficient (Wildman–Crippen LogP) is 6.06. The third-order valence-corrected chi connectivity index (χ3v) is 5.00. The van der Waals surface area contributed by atoms with Crippen LogP contribution in [0.25, 0.3) is 11.3 Å². The Balaban J connectivity index is 0.000000791. The zero-order valence-corrected chi connectivity index (χ0v) is 18.2. The molecule has 0 spiro atoms. The number of hydrogen-bond acceptors (Lipinski definition) is 2. The molecule has 0 amide bonds. The molecule has 1 aromatic carbocycles. The van der Waals surface area contributed by atoms with Crippen molar-refractivity contribution in [3.8, 4) is 17.3 Å². The van der Waals surface area contributed by atoms with E-state index in [0.29, 0.717) is 5.69 Å². The van der Waals surface area contributed by atoms with Crippen LogP contribution in [0.3, 0.4) is 0 Å². The number of hydrogen-bond donors (Lipinski definition) is 0. The molecule has 1 aliphatic heterocycles. The summed E-state index contributed by atoms with van der Waals surface area (Å²) in [5.74, 6) is 0. The lowest BCUT2D eigenvalue weighted by Crippen LogP contribution is -2.38. The minimum atomic E-state index is 0.0260. The molecule has 0 saturated carbocycles. The highest BCUT2D eigenvalue weighted by Crippen LogP contribution is 2.42. The number of aromatic nitrogens is 1. The molecule has 0 bridgehead atoms. The Labute approximate surface area is 164 Å². The van der Waals surface area contributed by atoms with E-state index in [-0.39, 0.29) is 5.41 Å². The van der Waals surface area contributed by atoms with Crippen LogP contribution in [-0.4, -0.2) is 16.6 Å². The molecule has 0 saturated heterocycles. The maximum atomic E-state index is 9.13. The van der Waals surface area contributed by atoms with Crippen molar-refractivity contribution < 1.29 is 0 Å². The van der Waals surface area contributed by atoms with E-state index >= 15 is 0 Å². The summed E-state index contributed by atoms with van der Waals surface area (Å²) in [6.45, 7) is 12.5. The number of thiocarbonyl (C=S) groups is 1. The fraction of sp³-hybridized carbons (Fsp3) is 0.455. The third kappa shape index (κ3) is 3.99. The average Bonchev–Trinajstić information content (AvgIpc) is 3.03. The number of rotatable bonds is 1. The molecule has 26 heavy (non-hydrogen) atoms. The molecule has 0 atom stereocenters. The monoisotopic (exact) mass is 369 g/mol. The van der Waals surface area contributed by atoms with E-state index in [0.717, 1.165) is 22.7 Å². The molecule has 3 nitrogen and oxygen atoms in total. The second-order valence-corrected chi connectivity index (χ2v) is 6.99. The number of nitriles is 1. The van der Waals surface area contributed by atoms with Crippen LogP contribution in [0.5, 0.6) is 0 Å². The summed E-state index contributed by atoms with van der Waals surface area (Å²) in [5.41, 5.74) is 5.38. The van der Waals surface area contributed by atoms with Crippen molar-refractivity contribution in [1.29, 1.82) is 5.26 Å². The molecule has 0 unspecified atom stereocenters. The summed E-state index contributed by atoms with van der Waals surface area (Å²) in [6.07, 6.45) is 0.881. The second-order valence-electron chi connectivity index (χ2n) is 6.52. The van der Waals surface area contributed by atoms with Gasteiger partial charge in [-0.3, -0.25) is 0 Å². The van der Waals surface area contributed by atoms with Gasteiger partial charge in [0.2, 0.25) is 0 Å². The average molecular weight is 370 g/mol. The zero-order chi connectivity index (χ0) is 20.1. The molecule has 140 valence electrons. The Hall–Kier alpha value is -2.12. The Kier molecular flexibility index (Phi) is 7.59. The van der Waals surface area contributed by atoms with Crippen LogP contribution in [0.2, 0.25) is 0 Å². The minimum absolute atomic E-state index is 0.0260. The van der Waals surface area contributed by atoms with E-state index in [9.17, 15) is 0 Å². The lowest BCUT2D eigenvalue weighted by molar-refractivity contribution is 0.540. The molecule has 1 aliphatic rings. The molecule has 1 aromatic heterocycles. The molecule has 3 rings (SSSR count). The smallest absolute Gasteiger partial charge is 0.120 e. The second kappa shape index (κ2) is 9.00. The highest BCUT2D eigenvalue weighted by molar-refractivity contribution is 7.80. The summed E-state index contributed by atoms with van der Waals surface area (Å²) >= 11 is 5.51. The maximum absolute atomic E-state index is 9.13. The highest BCUT2D eigenvalue weighted by Gasteiger charge is 2.33. The van der Waals surface area contributed by atoms with Crippen LogP contribution in [0, 0.1) is 11.3 Å². The Morgan fingerprint density at radius 2 is 1.65 bits per heavy atom. The first-order valence-corrected chi connectivity index (χ1v) is 9.73. The third-order valence-electron chi connectivity index (χ3n) is 4.59. The highest BCUT2D eigenvalue weighted by atomic mass is 32.1. The topological polar surface area (TPSA) is 32.0 Å². The van der Waals surface area contributed by atoms with Crippen molar-refractivity contribution in [1.82, 2.24) is 4.57 Å². The molecule has 2 heterocycles. The first-order valence-electron chi connectivity index (χ1n) is 9.32. The summed E-state index contributed by atoms with van der Waals surface area (Å²) in [6, 6.07) is 12.6. The maximum Gasteiger partial charge on any atom is 0.120 e. The van der Waals surface area contributed by atoms with Crippen LogP contribution in [0.15, 0.2) is 30.3 Å². The van der Waals surface area contributed by atoms with Crippen LogP contribution in [0.4, 0.5) is 5.69 Å². The van der Waals surface area contributed by atoms with Gasteiger partial charge in [-0.25, -0.2) is 0 Å². The van der Waals surface area contributed by atoms with Gasteiger partial charge < -0.3 is 9.47 Å². The Morgan fingerprint density at radius 1 is 1.04 bits per heavy atom. The molecule has 0 fully saturated rings. The largest absolute Gasteiger partial charge is 0.339 e. The lowest BCUT2D eigenvalue weighted by atomic mass is 9.77. The van der Waals surface area contributed by atoms with Crippen LogP contribution < -0.4 is 4.90 Å². The number of fused-ring (bicyclic) bond motifs is 1. The molecule has 0 N–H and O–H groups in total. The number of nitrogens with zero attached hydrogens (tertiary/aromatic N) is 3. The van der Waals surface area contributed by atoms with Gasteiger partial charge in [0.05, 0.1) is 4.99 Å². The van der Waals surface area contributed by atoms with Gasteiger partial charge in [0.25, 0.3) is 0 Å². The van der Waals surface area contributed by atoms with Crippen molar-refractivity contribution in [2.75, 3.05) is 11.9 Å². The minimum Gasteiger partial charge on any atom is -0.339 e. The normalized spacial score (nSPS) is 14.3. The molecule has 0 aliphatic carbocycles. The lowest BCUT2D eigenvalue weighted by Gasteiger charge is -2.39. The van der Waals surface area contributed by atoms with Crippen molar-refractivity contribution in [3.63, 3.8) is 0 Å². The molecular weight excluding hydrogens is 338 g/mol. The van der Waals surface area contributed by atoms with Gasteiger partial charge in [-0.1, -0.05) is 59.8 Å². The first kappa shape index (κ1) is 21.9. The van der Waals surface area contributed by atoms with E-state index in [2.05, 4.69) is 43.0 Å². The van der Waals surface area contributed by atoms with Crippen molar-refractivity contribution >= 4 is 22.9 Å². The van der Waals surface area contributed by atoms with Crippen molar-refractivity contribution in [2.24, 2.45) is 7.05 Å². The van der Waals surface area contributed by atoms with Gasteiger partial charge in [0, 0.05) is 31.9 Å². The van der Waals surface area contributed by atoms with E-state index < -0.39 is 0 Å². The van der Waals surface area contributed by atoms with E-state index in [1.165, 1.54) is 11.3 Å². The van der Waals surface area contributed by atoms with Crippen molar-refractivity contribution in [3.05, 3.63) is 41.6 Å². The molecular formula is C22H31N3S. The SMILES string of the molecule is CC.CC.CN1C(=S)CC(C)(C)c2cc(-c3ccc(C#N)n3C)ccc21. The van der Waals surface area contributed by atoms with Gasteiger partial charge in [-0.2, -0.15) is 5.26 Å². The Morgan fingerprint density at radius 3 is 2.19 bits per heavy atom. The quantitative estimate of drug-likeness (QED) is 0.573. The van der Waals surface area contributed by atoms with Gasteiger partial charge in [-0.05, 0) is 40.8 Å². The van der Waals surface area contributed by atoms with Crippen LogP contribution >= 0.6 is 12.2 Å². The summed E-state index contributed by atoms with van der Waals surface area (Å²) < 4.78 is 1.94. The molecule has 4 heteroatoms. The standard InChI is InChI=1S/C18H19N3S.2C2H6/c1-18(2)10-17(22)21(4)16-7-5-12(9-14(16)18)15-8-6-13(11-19)20(15)3;2*1-2/h5-9H,10H2,1-4H3;2*1-2H3. The fourth-order valence-corrected chi connectivity index (χ4v) is 3.63. The summed E-state index contributed by atoms with van der Waals surface area (Å²) in [7, 11) is 3.96. The first-order chi connectivity index (χ1) is 12.3. The van der Waals surface area contributed by atoms with E-state index in [4.69, 9.17) is 17.5 Å². The van der Waals surface area contributed by atoms with Gasteiger partial charge >= 0.3 is 0 Å². The molecule has 2 aromatic rings. The fourth-order valence-electron chi connectivity index (χ4n) is 3.17. The van der Waals surface area contributed by atoms with E-state index in [1.54, 1.807) is 0 Å². The summed E-state index contributed by atoms with van der Waals surface area (Å²) in [4.78, 5) is 3.08. The summed E-state index contributed by atoms with van der Waals surface area (Å²) in [5, 5.41) is 9.13. The van der Waals surface area contributed by atoms with Gasteiger partial charge in [0.1, 0.15) is 11.8 Å². The van der Waals surface area contributed by atoms with Gasteiger partial charge in [-0.15, -0.1) is 0 Å². The van der Waals surface area contributed by atoms with E-state index in [1.807, 2.05) is 58.5 Å². The van der Waals surface area contributed by atoms with Crippen LogP contribution in [-0.2, 0) is 12.5 Å². The number of benzene rings is 1. The van der Waals surface area contributed by atoms with Crippen molar-refractivity contribution in [2.45, 2.75) is 53.4 Å². The van der Waals surface area contributed by atoms with Gasteiger partial charge in [0.15, 0.2) is 0 Å². The zero-order valence-electron chi connectivity index (χ0n) is 17.3. The molecule has 0 radical (unpaired) electrons. The van der Waals surface area contributed by atoms with Crippen LogP contribution in [0.1, 0.15) is 59.2 Å². The Bertz CT molecular complexity index is 809.